The summed E-state index contributed by atoms with van der Waals surface area (Å²) in [6.07, 6.45) is 0.697. The van der Waals surface area contributed by atoms with Crippen LogP contribution in [0.15, 0.2) is 18.2 Å². The summed E-state index contributed by atoms with van der Waals surface area (Å²) in [7, 11) is 0. The van der Waals surface area contributed by atoms with E-state index in [0.717, 1.165) is 12.1 Å². The van der Waals surface area contributed by atoms with Crippen molar-refractivity contribution in [2.75, 3.05) is 31.2 Å². The largest absolute Gasteiger partial charge is 0.380 e. The van der Waals surface area contributed by atoms with Crippen LogP contribution in [-0.4, -0.2) is 32.3 Å². The number of halogens is 1. The molecule has 0 amide bonds. The van der Waals surface area contributed by atoms with Crippen molar-refractivity contribution in [3.8, 4) is 0 Å². The predicted octanol–water partition coefficient (Wildman–Crippen LogP) is 2.58. The van der Waals surface area contributed by atoms with Gasteiger partial charge in [-0.3, -0.25) is 0 Å². The predicted molar refractivity (Wildman–Crippen MR) is 78.1 cm³/mol. The molecule has 0 aliphatic carbocycles. The van der Waals surface area contributed by atoms with E-state index in [1.165, 1.54) is 0 Å². The molecule has 19 heavy (non-hydrogen) atoms. The van der Waals surface area contributed by atoms with Crippen LogP contribution in [0.2, 0.25) is 0 Å². The Hall–Kier alpha value is -1.13. The molecule has 1 rings (SSSR count). The maximum absolute atomic E-state index is 14.1. The van der Waals surface area contributed by atoms with E-state index < -0.39 is 0 Å². The highest BCUT2D eigenvalue weighted by Crippen LogP contribution is 2.21. The van der Waals surface area contributed by atoms with Gasteiger partial charge in [0, 0.05) is 25.7 Å². The highest BCUT2D eigenvalue weighted by atomic mass is 19.1. The van der Waals surface area contributed by atoms with Crippen molar-refractivity contribution < 1.29 is 9.13 Å². The normalized spacial score (nSPS) is 12.5. The van der Waals surface area contributed by atoms with Crippen LogP contribution in [0.3, 0.4) is 0 Å². The molecule has 4 heteroatoms. The fourth-order valence-corrected chi connectivity index (χ4v) is 2.07. The van der Waals surface area contributed by atoms with Gasteiger partial charge < -0.3 is 15.4 Å². The van der Waals surface area contributed by atoms with E-state index in [0.29, 0.717) is 31.9 Å². The molecular formula is C15H25FN2O. The number of benzene rings is 1. The Balaban J connectivity index is 2.75. The minimum absolute atomic E-state index is 0.0467. The SMILES string of the molecule is CCOCCN(CC)c1ccc(CC(C)N)cc1F. The molecule has 108 valence electrons. The van der Waals surface area contributed by atoms with Crippen LogP contribution in [0.4, 0.5) is 10.1 Å². The first-order valence-corrected chi connectivity index (χ1v) is 6.95. The smallest absolute Gasteiger partial charge is 0.146 e. The molecule has 0 spiro atoms. The summed E-state index contributed by atoms with van der Waals surface area (Å²) < 4.78 is 19.4. The van der Waals surface area contributed by atoms with Crippen LogP contribution in [-0.2, 0) is 11.2 Å². The van der Waals surface area contributed by atoms with Crippen LogP contribution in [0.5, 0.6) is 0 Å². The molecule has 0 bridgehead atoms. The van der Waals surface area contributed by atoms with Gasteiger partial charge in [-0.25, -0.2) is 4.39 Å². The Kier molecular flexibility index (Phi) is 6.81. The van der Waals surface area contributed by atoms with Gasteiger partial charge in [0.2, 0.25) is 0 Å². The van der Waals surface area contributed by atoms with E-state index in [1.54, 1.807) is 6.07 Å². The molecule has 2 N–H and O–H groups in total. The third-order valence-corrected chi connectivity index (χ3v) is 3.00. The zero-order valence-corrected chi connectivity index (χ0v) is 12.2. The quantitative estimate of drug-likeness (QED) is 0.736. The number of ether oxygens (including phenoxy) is 1. The molecule has 1 atom stereocenters. The lowest BCUT2D eigenvalue weighted by Gasteiger charge is -2.24. The third-order valence-electron chi connectivity index (χ3n) is 3.00. The van der Waals surface area contributed by atoms with Crippen LogP contribution in [0, 0.1) is 5.82 Å². The summed E-state index contributed by atoms with van der Waals surface area (Å²) in [4.78, 5) is 1.99. The molecular weight excluding hydrogens is 243 g/mol. The van der Waals surface area contributed by atoms with Gasteiger partial charge in [0.25, 0.3) is 0 Å². The number of nitrogens with zero attached hydrogens (tertiary/aromatic N) is 1. The average Bonchev–Trinajstić information content (AvgIpc) is 2.35. The van der Waals surface area contributed by atoms with E-state index in [4.69, 9.17) is 10.5 Å². The summed E-state index contributed by atoms with van der Waals surface area (Å²) in [5.74, 6) is -0.184. The number of likely N-dealkylation sites (N-methyl/N-ethyl adjacent to an activating group) is 1. The highest BCUT2D eigenvalue weighted by molar-refractivity contribution is 5.49. The van der Waals surface area contributed by atoms with Gasteiger partial charge in [0.15, 0.2) is 0 Å². The van der Waals surface area contributed by atoms with Crippen molar-refractivity contribution in [2.45, 2.75) is 33.2 Å². The molecule has 0 aliphatic rings. The molecule has 0 fully saturated rings. The molecule has 0 saturated carbocycles. The van der Waals surface area contributed by atoms with E-state index in [1.807, 2.05) is 37.8 Å². The monoisotopic (exact) mass is 268 g/mol. The lowest BCUT2D eigenvalue weighted by Crippen LogP contribution is -2.28. The highest BCUT2D eigenvalue weighted by Gasteiger charge is 2.11. The van der Waals surface area contributed by atoms with Crippen molar-refractivity contribution in [3.63, 3.8) is 0 Å². The fraction of sp³-hybridized carbons (Fsp3) is 0.600. The lowest BCUT2D eigenvalue weighted by molar-refractivity contribution is 0.154. The minimum Gasteiger partial charge on any atom is -0.380 e. The first-order chi connectivity index (χ1) is 9.08. The Bertz CT molecular complexity index is 382. The fourth-order valence-electron chi connectivity index (χ4n) is 2.07. The second kappa shape index (κ2) is 8.12. The van der Waals surface area contributed by atoms with Crippen molar-refractivity contribution in [3.05, 3.63) is 29.6 Å². The van der Waals surface area contributed by atoms with Gasteiger partial charge in [0.1, 0.15) is 5.82 Å². The number of anilines is 1. The van der Waals surface area contributed by atoms with E-state index >= 15 is 0 Å². The third kappa shape index (κ3) is 5.17. The van der Waals surface area contributed by atoms with Crippen LogP contribution in [0.1, 0.15) is 26.3 Å². The molecule has 0 aliphatic heterocycles. The van der Waals surface area contributed by atoms with Crippen molar-refractivity contribution >= 4 is 5.69 Å². The zero-order chi connectivity index (χ0) is 14.3. The maximum Gasteiger partial charge on any atom is 0.146 e. The average molecular weight is 268 g/mol. The number of hydrogen-bond acceptors (Lipinski definition) is 3. The summed E-state index contributed by atoms with van der Waals surface area (Å²) in [6.45, 7) is 8.66. The minimum atomic E-state index is -0.184. The number of rotatable bonds is 8. The van der Waals surface area contributed by atoms with Crippen LogP contribution in [0.25, 0.3) is 0 Å². The van der Waals surface area contributed by atoms with Crippen LogP contribution < -0.4 is 10.6 Å². The van der Waals surface area contributed by atoms with Gasteiger partial charge in [0.05, 0.1) is 12.3 Å². The molecule has 1 unspecified atom stereocenters. The van der Waals surface area contributed by atoms with E-state index in [-0.39, 0.29) is 11.9 Å². The Labute approximate surface area is 115 Å². The van der Waals surface area contributed by atoms with Crippen molar-refractivity contribution in [2.24, 2.45) is 5.73 Å². The molecule has 1 aromatic rings. The second-order valence-corrected chi connectivity index (χ2v) is 4.74. The maximum atomic E-state index is 14.1. The molecule has 0 radical (unpaired) electrons. The van der Waals surface area contributed by atoms with Crippen molar-refractivity contribution in [1.82, 2.24) is 0 Å². The summed E-state index contributed by atoms with van der Waals surface area (Å²) in [6, 6.07) is 5.42. The van der Waals surface area contributed by atoms with Gasteiger partial charge in [-0.1, -0.05) is 6.07 Å². The van der Waals surface area contributed by atoms with E-state index in [9.17, 15) is 4.39 Å². The topological polar surface area (TPSA) is 38.5 Å². The molecule has 0 saturated heterocycles. The Morgan fingerprint density at radius 1 is 1.37 bits per heavy atom. The standard InChI is InChI=1S/C15H25FN2O/c1-4-18(8-9-19-5-2)15-7-6-13(10-12(3)17)11-14(15)16/h6-7,11-12H,4-5,8-10,17H2,1-3H3. The van der Waals surface area contributed by atoms with Gasteiger partial charge in [-0.05, 0) is 44.9 Å². The summed E-state index contributed by atoms with van der Waals surface area (Å²) in [5.41, 5.74) is 7.31. The number of nitrogens with two attached hydrogens (primary N) is 1. The zero-order valence-electron chi connectivity index (χ0n) is 12.2. The van der Waals surface area contributed by atoms with Crippen LogP contribution >= 0.6 is 0 Å². The molecule has 1 aromatic carbocycles. The summed E-state index contributed by atoms with van der Waals surface area (Å²) >= 11 is 0. The van der Waals surface area contributed by atoms with E-state index in [2.05, 4.69) is 0 Å². The van der Waals surface area contributed by atoms with Crippen molar-refractivity contribution in [1.29, 1.82) is 0 Å². The molecule has 3 nitrogen and oxygen atoms in total. The summed E-state index contributed by atoms with van der Waals surface area (Å²) in [5, 5.41) is 0. The van der Waals surface area contributed by atoms with Gasteiger partial charge >= 0.3 is 0 Å². The Morgan fingerprint density at radius 3 is 2.63 bits per heavy atom. The first-order valence-electron chi connectivity index (χ1n) is 6.95. The van der Waals surface area contributed by atoms with Gasteiger partial charge in [-0.2, -0.15) is 0 Å². The molecule has 0 heterocycles. The molecule has 0 aromatic heterocycles. The second-order valence-electron chi connectivity index (χ2n) is 4.74. The van der Waals surface area contributed by atoms with Gasteiger partial charge in [-0.15, -0.1) is 0 Å². The Morgan fingerprint density at radius 2 is 2.11 bits per heavy atom. The number of hydrogen-bond donors (Lipinski definition) is 1. The first kappa shape index (κ1) is 15.9. The lowest BCUT2D eigenvalue weighted by atomic mass is 10.1.